The van der Waals surface area contributed by atoms with Crippen LogP contribution in [0.4, 0.5) is 5.82 Å². The van der Waals surface area contributed by atoms with Crippen molar-refractivity contribution in [1.29, 1.82) is 0 Å². The van der Waals surface area contributed by atoms with Gasteiger partial charge in [-0.15, -0.1) is 6.42 Å². The highest BCUT2D eigenvalue weighted by Crippen LogP contribution is 2.18. The first-order valence-electron chi connectivity index (χ1n) is 7.49. The Labute approximate surface area is 144 Å². The van der Waals surface area contributed by atoms with Crippen molar-refractivity contribution in [2.24, 2.45) is 0 Å². The Hall–Kier alpha value is -3.59. The topological polar surface area (TPSA) is 73.3 Å². The van der Waals surface area contributed by atoms with E-state index in [9.17, 15) is 4.79 Å². The molecule has 0 unspecified atom stereocenters. The van der Waals surface area contributed by atoms with Crippen molar-refractivity contribution in [2.45, 2.75) is 0 Å². The summed E-state index contributed by atoms with van der Waals surface area (Å²) in [5.41, 5.74) is 0.962. The van der Waals surface area contributed by atoms with Crippen molar-refractivity contribution in [1.82, 2.24) is 9.97 Å². The van der Waals surface area contributed by atoms with Gasteiger partial charge < -0.3 is 14.8 Å². The molecular formula is C19H15N3O3. The number of nitrogens with one attached hydrogen (secondary N) is 1. The van der Waals surface area contributed by atoms with E-state index in [1.807, 2.05) is 12.1 Å². The molecule has 1 amide bonds. The second-order valence-electron chi connectivity index (χ2n) is 5.07. The fourth-order valence-corrected chi connectivity index (χ4v) is 2.18. The highest BCUT2D eigenvalue weighted by molar-refractivity contribution is 6.04. The Kier molecular flexibility index (Phi) is 4.77. The molecule has 3 aromatic rings. The van der Waals surface area contributed by atoms with Crippen LogP contribution in [0.2, 0.25) is 0 Å². The first kappa shape index (κ1) is 16.3. The van der Waals surface area contributed by atoms with Crippen LogP contribution in [0.3, 0.4) is 0 Å². The number of ether oxygens (including phenoxy) is 2. The minimum atomic E-state index is -0.269. The number of aromatic nitrogens is 2. The maximum Gasteiger partial charge on any atom is 0.256 e. The summed E-state index contributed by atoms with van der Waals surface area (Å²) in [6.07, 6.45) is 5.17. The maximum atomic E-state index is 12.3. The van der Waals surface area contributed by atoms with E-state index in [1.54, 1.807) is 43.5 Å². The van der Waals surface area contributed by atoms with Gasteiger partial charge in [0.2, 0.25) is 5.88 Å². The molecule has 0 atom stereocenters. The molecular weight excluding hydrogens is 318 g/mol. The first-order chi connectivity index (χ1) is 12.2. The number of terminal acetylenes is 1. The normalized spacial score (nSPS) is 10.1. The lowest BCUT2D eigenvalue weighted by atomic mass is 10.2. The molecule has 0 aliphatic carbocycles. The van der Waals surface area contributed by atoms with Gasteiger partial charge in [0.1, 0.15) is 11.6 Å². The van der Waals surface area contributed by atoms with Crippen molar-refractivity contribution in [3.05, 3.63) is 54.1 Å². The summed E-state index contributed by atoms with van der Waals surface area (Å²) in [7, 11) is 1.57. The number of methoxy groups -OCH3 is 1. The van der Waals surface area contributed by atoms with Crippen molar-refractivity contribution in [2.75, 3.05) is 19.0 Å². The van der Waals surface area contributed by atoms with E-state index < -0.39 is 0 Å². The molecule has 0 fully saturated rings. The predicted molar refractivity (Wildman–Crippen MR) is 94.8 cm³/mol. The SMILES string of the molecule is C#CCOc1ccc2ccc(NC(=O)c3ccc(OC)cc3)nc2n1. The summed E-state index contributed by atoms with van der Waals surface area (Å²) in [5, 5.41) is 3.58. The zero-order valence-electron chi connectivity index (χ0n) is 13.5. The maximum absolute atomic E-state index is 12.3. The summed E-state index contributed by atoms with van der Waals surface area (Å²) < 4.78 is 10.4. The molecule has 124 valence electrons. The van der Waals surface area contributed by atoms with Crippen LogP contribution in [0.25, 0.3) is 11.0 Å². The average molecular weight is 333 g/mol. The molecule has 0 spiro atoms. The second-order valence-corrected chi connectivity index (χ2v) is 5.07. The number of pyridine rings is 2. The molecule has 2 aromatic heterocycles. The largest absolute Gasteiger partial charge is 0.497 e. The van der Waals surface area contributed by atoms with Crippen LogP contribution in [0.1, 0.15) is 10.4 Å². The quantitative estimate of drug-likeness (QED) is 0.727. The van der Waals surface area contributed by atoms with Crippen LogP contribution < -0.4 is 14.8 Å². The highest BCUT2D eigenvalue weighted by atomic mass is 16.5. The number of fused-ring (bicyclic) bond motifs is 1. The molecule has 3 rings (SSSR count). The Balaban J connectivity index is 1.80. The molecule has 25 heavy (non-hydrogen) atoms. The number of rotatable bonds is 5. The Morgan fingerprint density at radius 2 is 1.88 bits per heavy atom. The van der Waals surface area contributed by atoms with E-state index in [2.05, 4.69) is 21.2 Å². The van der Waals surface area contributed by atoms with Gasteiger partial charge in [-0.1, -0.05) is 5.92 Å². The number of carbonyl (C=O) groups excluding carboxylic acids is 1. The summed E-state index contributed by atoms with van der Waals surface area (Å²) in [6.45, 7) is 0.131. The van der Waals surface area contributed by atoms with Crippen LogP contribution in [0.5, 0.6) is 11.6 Å². The van der Waals surface area contributed by atoms with Gasteiger partial charge in [0.05, 0.1) is 7.11 Å². The summed E-state index contributed by atoms with van der Waals surface area (Å²) in [5.74, 6) is 3.58. The van der Waals surface area contributed by atoms with Crippen molar-refractivity contribution >= 4 is 22.8 Å². The van der Waals surface area contributed by atoms with Gasteiger partial charge in [-0.05, 0) is 42.5 Å². The molecule has 1 aromatic carbocycles. The molecule has 2 heterocycles. The third-order valence-corrected chi connectivity index (χ3v) is 3.42. The predicted octanol–water partition coefficient (Wildman–Crippen LogP) is 2.90. The zero-order chi connectivity index (χ0) is 17.6. The molecule has 0 radical (unpaired) electrons. The Morgan fingerprint density at radius 3 is 2.60 bits per heavy atom. The van der Waals surface area contributed by atoms with Crippen molar-refractivity contribution in [3.8, 4) is 24.0 Å². The Morgan fingerprint density at radius 1 is 1.12 bits per heavy atom. The minimum absolute atomic E-state index is 0.131. The van der Waals surface area contributed by atoms with Crippen LogP contribution in [-0.4, -0.2) is 29.6 Å². The van der Waals surface area contributed by atoms with Gasteiger partial charge >= 0.3 is 0 Å². The van der Waals surface area contributed by atoms with E-state index in [-0.39, 0.29) is 12.5 Å². The smallest absolute Gasteiger partial charge is 0.256 e. The molecule has 6 heteroatoms. The minimum Gasteiger partial charge on any atom is -0.497 e. The monoisotopic (exact) mass is 333 g/mol. The lowest BCUT2D eigenvalue weighted by Crippen LogP contribution is -2.13. The average Bonchev–Trinajstić information content (AvgIpc) is 2.66. The standard InChI is InChI=1S/C19H15N3O3/c1-3-12-25-17-11-7-13-6-10-16(20-18(13)22-17)21-19(23)14-4-8-15(24-2)9-5-14/h1,4-11H,12H2,2H3,(H,20,21,22,23). The third-order valence-electron chi connectivity index (χ3n) is 3.42. The Bertz CT molecular complexity index is 946. The summed E-state index contributed by atoms with van der Waals surface area (Å²) in [6, 6.07) is 13.9. The van der Waals surface area contributed by atoms with E-state index in [4.69, 9.17) is 15.9 Å². The number of hydrogen-bond acceptors (Lipinski definition) is 5. The molecule has 0 aliphatic rings. The van der Waals surface area contributed by atoms with E-state index in [0.29, 0.717) is 28.7 Å². The van der Waals surface area contributed by atoms with E-state index in [1.165, 1.54) is 0 Å². The van der Waals surface area contributed by atoms with Crippen LogP contribution in [-0.2, 0) is 0 Å². The van der Waals surface area contributed by atoms with E-state index >= 15 is 0 Å². The van der Waals surface area contributed by atoms with Gasteiger partial charge in [-0.3, -0.25) is 4.79 Å². The summed E-state index contributed by atoms with van der Waals surface area (Å²) in [4.78, 5) is 20.9. The van der Waals surface area contributed by atoms with Gasteiger partial charge in [-0.2, -0.15) is 4.98 Å². The zero-order valence-corrected chi connectivity index (χ0v) is 13.5. The van der Waals surface area contributed by atoms with Crippen LogP contribution in [0, 0.1) is 12.3 Å². The first-order valence-corrected chi connectivity index (χ1v) is 7.49. The number of amides is 1. The highest BCUT2D eigenvalue weighted by Gasteiger charge is 2.08. The number of benzene rings is 1. The number of hydrogen-bond donors (Lipinski definition) is 1. The van der Waals surface area contributed by atoms with Gasteiger partial charge in [-0.25, -0.2) is 4.98 Å². The molecule has 0 aliphatic heterocycles. The molecule has 0 saturated heterocycles. The fourth-order valence-electron chi connectivity index (χ4n) is 2.18. The number of nitrogens with zero attached hydrogens (tertiary/aromatic N) is 2. The molecule has 1 N–H and O–H groups in total. The molecule has 6 nitrogen and oxygen atoms in total. The van der Waals surface area contributed by atoms with Crippen molar-refractivity contribution < 1.29 is 14.3 Å². The third kappa shape index (κ3) is 3.85. The number of anilines is 1. The van der Waals surface area contributed by atoms with Gasteiger partial charge in [0, 0.05) is 17.0 Å². The summed E-state index contributed by atoms with van der Waals surface area (Å²) >= 11 is 0. The fraction of sp³-hybridized carbons (Fsp3) is 0.105. The lowest BCUT2D eigenvalue weighted by Gasteiger charge is -2.07. The van der Waals surface area contributed by atoms with Crippen LogP contribution >= 0.6 is 0 Å². The van der Waals surface area contributed by atoms with Crippen LogP contribution in [0.15, 0.2) is 48.5 Å². The number of carbonyl (C=O) groups is 1. The second kappa shape index (κ2) is 7.32. The van der Waals surface area contributed by atoms with Gasteiger partial charge in [0.25, 0.3) is 5.91 Å². The lowest BCUT2D eigenvalue weighted by molar-refractivity contribution is 0.102. The van der Waals surface area contributed by atoms with E-state index in [0.717, 1.165) is 5.39 Å². The molecule has 0 bridgehead atoms. The molecule has 0 saturated carbocycles. The van der Waals surface area contributed by atoms with Crippen molar-refractivity contribution in [3.63, 3.8) is 0 Å². The van der Waals surface area contributed by atoms with Gasteiger partial charge in [0.15, 0.2) is 12.3 Å².